The van der Waals surface area contributed by atoms with E-state index in [0.717, 1.165) is 17.5 Å². The van der Waals surface area contributed by atoms with Gasteiger partial charge in [0.1, 0.15) is 5.82 Å². The highest BCUT2D eigenvalue weighted by atomic mass is 19.1. The van der Waals surface area contributed by atoms with Crippen molar-refractivity contribution in [2.45, 2.75) is 45.4 Å². The molecule has 0 N–H and O–H groups in total. The van der Waals surface area contributed by atoms with E-state index < -0.39 is 5.82 Å². The zero-order valence-electron chi connectivity index (χ0n) is 13.1. The second-order valence-corrected chi connectivity index (χ2v) is 5.72. The van der Waals surface area contributed by atoms with Crippen LogP contribution in [0.1, 0.15) is 54.9 Å². The average Bonchev–Trinajstić information content (AvgIpc) is 2.55. The summed E-state index contributed by atoms with van der Waals surface area (Å²) < 4.78 is 13.7. The molecular weight excluding hydrogens is 275 g/mol. The number of aryl methyl sites for hydroxylation is 1. The maximum Gasteiger partial charge on any atom is 0.152 e. The Labute approximate surface area is 132 Å². The topological polar surface area (TPSA) is 17.1 Å². The van der Waals surface area contributed by atoms with Crippen molar-refractivity contribution >= 4 is 6.29 Å². The van der Waals surface area contributed by atoms with E-state index >= 15 is 0 Å². The van der Waals surface area contributed by atoms with E-state index in [1.165, 1.54) is 49.8 Å². The van der Waals surface area contributed by atoms with Crippen LogP contribution in [0.2, 0.25) is 0 Å². The van der Waals surface area contributed by atoms with Crippen LogP contribution in [0.3, 0.4) is 0 Å². The highest BCUT2D eigenvalue weighted by Crippen LogP contribution is 2.22. The fraction of sp³-hybridized carbons (Fsp3) is 0.350. The lowest BCUT2D eigenvalue weighted by molar-refractivity contribution is 0.112. The summed E-state index contributed by atoms with van der Waals surface area (Å²) in [7, 11) is 0. The number of carbonyl (C=O) groups is 1. The van der Waals surface area contributed by atoms with Crippen molar-refractivity contribution < 1.29 is 9.18 Å². The summed E-state index contributed by atoms with van der Waals surface area (Å²) in [4.78, 5) is 10.6. The van der Waals surface area contributed by atoms with Gasteiger partial charge in [0.05, 0.1) is 5.56 Å². The lowest BCUT2D eigenvalue weighted by Crippen LogP contribution is -1.89. The van der Waals surface area contributed by atoms with Gasteiger partial charge in [-0.25, -0.2) is 4.39 Å². The molecule has 0 aliphatic rings. The van der Waals surface area contributed by atoms with Crippen molar-refractivity contribution in [3.63, 3.8) is 0 Å². The second-order valence-electron chi connectivity index (χ2n) is 5.72. The first-order valence-electron chi connectivity index (χ1n) is 8.08. The fourth-order valence-electron chi connectivity index (χ4n) is 2.60. The van der Waals surface area contributed by atoms with Crippen LogP contribution in [0.15, 0.2) is 42.5 Å². The Balaban J connectivity index is 1.96. The van der Waals surface area contributed by atoms with E-state index in [4.69, 9.17) is 0 Å². The first kappa shape index (κ1) is 16.4. The molecule has 2 aromatic rings. The van der Waals surface area contributed by atoms with Crippen molar-refractivity contribution in [3.05, 3.63) is 59.4 Å². The maximum atomic E-state index is 13.7. The Bertz CT molecular complexity index is 602. The summed E-state index contributed by atoms with van der Waals surface area (Å²) >= 11 is 0. The van der Waals surface area contributed by atoms with Crippen molar-refractivity contribution in [2.24, 2.45) is 0 Å². The average molecular weight is 298 g/mol. The summed E-state index contributed by atoms with van der Waals surface area (Å²) in [5, 5.41) is 0. The summed E-state index contributed by atoms with van der Waals surface area (Å²) in [6, 6.07) is 13.0. The first-order valence-corrected chi connectivity index (χ1v) is 8.08. The fourth-order valence-corrected chi connectivity index (χ4v) is 2.60. The molecule has 0 bridgehead atoms. The number of unbranched alkanes of at least 4 members (excludes halogenated alkanes) is 4. The molecule has 0 saturated carbocycles. The van der Waals surface area contributed by atoms with Crippen LogP contribution in [0.5, 0.6) is 0 Å². The third-order valence-corrected chi connectivity index (χ3v) is 3.98. The Morgan fingerprint density at radius 2 is 1.59 bits per heavy atom. The molecule has 0 unspecified atom stereocenters. The predicted octanol–water partition coefficient (Wildman–Crippen LogP) is 5.82. The lowest BCUT2D eigenvalue weighted by Gasteiger charge is -2.06. The molecule has 2 rings (SSSR count). The monoisotopic (exact) mass is 298 g/mol. The van der Waals surface area contributed by atoms with Crippen LogP contribution in [0.4, 0.5) is 4.39 Å². The maximum absolute atomic E-state index is 13.7. The minimum atomic E-state index is -0.465. The molecule has 0 aromatic heterocycles. The molecule has 0 aliphatic carbocycles. The van der Waals surface area contributed by atoms with Crippen molar-refractivity contribution in [1.29, 1.82) is 0 Å². The first-order chi connectivity index (χ1) is 10.7. The van der Waals surface area contributed by atoms with Crippen LogP contribution in [-0.4, -0.2) is 6.29 Å². The van der Waals surface area contributed by atoms with E-state index in [-0.39, 0.29) is 5.56 Å². The summed E-state index contributed by atoms with van der Waals surface area (Å²) in [6.07, 6.45) is 8.06. The minimum Gasteiger partial charge on any atom is -0.298 e. The minimum absolute atomic E-state index is 0.104. The van der Waals surface area contributed by atoms with Gasteiger partial charge in [-0.2, -0.15) is 0 Å². The van der Waals surface area contributed by atoms with Crippen molar-refractivity contribution in [3.8, 4) is 11.1 Å². The number of hydrogen-bond donors (Lipinski definition) is 0. The standard InChI is InChI=1S/C20H23FO/c1-2-3-4-5-6-7-16-8-10-17(11-9-16)18-12-13-19(15-22)20(21)14-18/h8-15H,2-7H2,1H3. The van der Waals surface area contributed by atoms with Gasteiger partial charge >= 0.3 is 0 Å². The summed E-state index contributed by atoms with van der Waals surface area (Å²) in [6.45, 7) is 2.23. The van der Waals surface area contributed by atoms with E-state index in [1.807, 2.05) is 12.1 Å². The van der Waals surface area contributed by atoms with Gasteiger partial charge in [0.2, 0.25) is 0 Å². The van der Waals surface area contributed by atoms with Crippen LogP contribution < -0.4 is 0 Å². The second kappa shape index (κ2) is 8.47. The molecule has 0 heterocycles. The summed E-state index contributed by atoms with van der Waals surface area (Å²) in [5.74, 6) is -0.465. The number of aldehydes is 1. The van der Waals surface area contributed by atoms with Gasteiger partial charge < -0.3 is 0 Å². The van der Waals surface area contributed by atoms with Gasteiger partial charge in [0.15, 0.2) is 6.29 Å². The van der Waals surface area contributed by atoms with Crippen molar-refractivity contribution in [2.75, 3.05) is 0 Å². The highest BCUT2D eigenvalue weighted by Gasteiger charge is 2.04. The van der Waals surface area contributed by atoms with Gasteiger partial charge in [-0.1, -0.05) is 62.9 Å². The number of carbonyl (C=O) groups excluding carboxylic acids is 1. The van der Waals surface area contributed by atoms with Crippen LogP contribution in [0, 0.1) is 5.82 Å². The third kappa shape index (κ3) is 4.52. The van der Waals surface area contributed by atoms with Gasteiger partial charge in [0, 0.05) is 0 Å². The number of hydrogen-bond acceptors (Lipinski definition) is 1. The Hall–Kier alpha value is -1.96. The lowest BCUT2D eigenvalue weighted by atomic mass is 10.00. The zero-order chi connectivity index (χ0) is 15.8. The van der Waals surface area contributed by atoms with Crippen LogP contribution >= 0.6 is 0 Å². The normalized spacial score (nSPS) is 10.6. The van der Waals surface area contributed by atoms with Crippen LogP contribution in [0.25, 0.3) is 11.1 Å². The number of rotatable bonds is 8. The third-order valence-electron chi connectivity index (χ3n) is 3.98. The predicted molar refractivity (Wildman–Crippen MR) is 89.7 cm³/mol. The van der Waals surface area contributed by atoms with Crippen molar-refractivity contribution in [1.82, 2.24) is 0 Å². The van der Waals surface area contributed by atoms with E-state index in [9.17, 15) is 9.18 Å². The summed E-state index contributed by atoms with van der Waals surface area (Å²) in [5.41, 5.74) is 3.21. The molecule has 0 spiro atoms. The molecule has 2 heteroatoms. The molecule has 0 atom stereocenters. The van der Waals surface area contributed by atoms with E-state index in [2.05, 4.69) is 19.1 Å². The van der Waals surface area contributed by atoms with Gasteiger partial charge in [-0.15, -0.1) is 0 Å². The Kier molecular flexibility index (Phi) is 6.32. The van der Waals surface area contributed by atoms with E-state index in [1.54, 1.807) is 6.07 Å². The molecule has 0 fully saturated rings. The molecule has 0 radical (unpaired) electrons. The van der Waals surface area contributed by atoms with Gasteiger partial charge in [-0.05, 0) is 41.7 Å². The smallest absolute Gasteiger partial charge is 0.152 e. The van der Waals surface area contributed by atoms with Gasteiger partial charge in [0.25, 0.3) is 0 Å². The molecule has 2 aromatic carbocycles. The van der Waals surface area contributed by atoms with Crippen LogP contribution in [-0.2, 0) is 6.42 Å². The quantitative estimate of drug-likeness (QED) is 0.443. The molecule has 0 saturated heterocycles. The zero-order valence-corrected chi connectivity index (χ0v) is 13.1. The highest BCUT2D eigenvalue weighted by molar-refractivity contribution is 5.77. The molecular formula is C20H23FO. The number of halogens is 1. The Morgan fingerprint density at radius 3 is 2.23 bits per heavy atom. The number of benzene rings is 2. The molecule has 116 valence electrons. The van der Waals surface area contributed by atoms with Gasteiger partial charge in [-0.3, -0.25) is 4.79 Å². The molecule has 0 amide bonds. The largest absolute Gasteiger partial charge is 0.298 e. The molecule has 1 nitrogen and oxygen atoms in total. The molecule has 0 aliphatic heterocycles. The Morgan fingerprint density at radius 1 is 0.909 bits per heavy atom. The SMILES string of the molecule is CCCCCCCc1ccc(-c2ccc(C=O)c(F)c2)cc1. The van der Waals surface area contributed by atoms with E-state index in [0.29, 0.717) is 6.29 Å². The molecule has 22 heavy (non-hydrogen) atoms.